The minimum Gasteiger partial charge on any atom is -0.271 e. The third-order valence-electron chi connectivity index (χ3n) is 2.58. The van der Waals surface area contributed by atoms with Gasteiger partial charge in [0.05, 0.1) is 0 Å². The number of hydrogen-bond donors (Lipinski definition) is 2. The van der Waals surface area contributed by atoms with E-state index < -0.39 is 0 Å². The summed E-state index contributed by atoms with van der Waals surface area (Å²) in [7, 11) is 0. The summed E-state index contributed by atoms with van der Waals surface area (Å²) >= 11 is 0. The Labute approximate surface area is 68.8 Å². The first-order chi connectivity index (χ1) is 5.29. The van der Waals surface area contributed by atoms with Crippen molar-refractivity contribution in [3.63, 3.8) is 0 Å². The van der Waals surface area contributed by atoms with E-state index in [1.54, 1.807) is 0 Å². The molecule has 0 spiro atoms. The highest BCUT2D eigenvalue weighted by Gasteiger charge is 2.38. The van der Waals surface area contributed by atoms with Crippen LogP contribution in [0.2, 0.25) is 0 Å². The molecule has 1 aliphatic carbocycles. The molecular formula is C9H18N2. The molecule has 0 amide bonds. The largest absolute Gasteiger partial charge is 0.271 e. The maximum atomic E-state index is 5.43. The molecule has 2 heteroatoms. The zero-order valence-corrected chi connectivity index (χ0v) is 7.22. The molecule has 1 rings (SSSR count). The Bertz CT molecular complexity index is 134. The van der Waals surface area contributed by atoms with Crippen LogP contribution in [-0.2, 0) is 0 Å². The Kier molecular flexibility index (Phi) is 3.09. The number of nitrogens with two attached hydrogens (primary N) is 1. The normalized spacial score (nSPS) is 31.5. The minimum atomic E-state index is 0.517. The number of rotatable bonds is 5. The van der Waals surface area contributed by atoms with Crippen molar-refractivity contribution in [1.82, 2.24) is 5.43 Å². The second-order valence-electron chi connectivity index (χ2n) is 3.52. The fourth-order valence-electron chi connectivity index (χ4n) is 1.63. The van der Waals surface area contributed by atoms with Crippen molar-refractivity contribution in [2.45, 2.75) is 32.2 Å². The van der Waals surface area contributed by atoms with E-state index in [1.807, 2.05) is 6.08 Å². The van der Waals surface area contributed by atoms with E-state index in [4.69, 9.17) is 5.84 Å². The molecule has 64 valence electrons. The highest BCUT2D eigenvalue weighted by Crippen LogP contribution is 2.41. The summed E-state index contributed by atoms with van der Waals surface area (Å²) in [5.41, 5.74) is 2.88. The third kappa shape index (κ3) is 2.31. The van der Waals surface area contributed by atoms with Gasteiger partial charge in [0.1, 0.15) is 0 Å². The first-order valence-electron chi connectivity index (χ1n) is 4.36. The van der Waals surface area contributed by atoms with E-state index in [9.17, 15) is 0 Å². The van der Waals surface area contributed by atoms with Gasteiger partial charge in [0.15, 0.2) is 0 Å². The van der Waals surface area contributed by atoms with E-state index in [0.29, 0.717) is 6.04 Å². The highest BCUT2D eigenvalue weighted by molar-refractivity contribution is 4.92. The molecule has 1 fully saturated rings. The lowest BCUT2D eigenvalue weighted by Crippen LogP contribution is -2.37. The monoisotopic (exact) mass is 154 g/mol. The molecule has 0 bridgehead atoms. The van der Waals surface area contributed by atoms with Crippen molar-refractivity contribution in [1.29, 1.82) is 0 Å². The van der Waals surface area contributed by atoms with Gasteiger partial charge in [-0.15, -0.1) is 6.58 Å². The SMILES string of the molecule is C=CCCC(NN)C1CC1C. The van der Waals surface area contributed by atoms with Gasteiger partial charge in [-0.1, -0.05) is 13.0 Å². The Morgan fingerprint density at radius 1 is 1.82 bits per heavy atom. The fraction of sp³-hybridized carbons (Fsp3) is 0.778. The van der Waals surface area contributed by atoms with Crippen LogP contribution in [0.3, 0.4) is 0 Å². The van der Waals surface area contributed by atoms with Gasteiger partial charge in [0.25, 0.3) is 0 Å². The van der Waals surface area contributed by atoms with Gasteiger partial charge < -0.3 is 0 Å². The molecule has 0 aromatic rings. The summed E-state index contributed by atoms with van der Waals surface area (Å²) in [6, 6.07) is 0.517. The molecule has 1 saturated carbocycles. The van der Waals surface area contributed by atoms with Crippen LogP contribution in [0.15, 0.2) is 12.7 Å². The first-order valence-corrected chi connectivity index (χ1v) is 4.36. The van der Waals surface area contributed by atoms with Crippen LogP contribution in [0.1, 0.15) is 26.2 Å². The van der Waals surface area contributed by atoms with Crippen molar-refractivity contribution < 1.29 is 0 Å². The van der Waals surface area contributed by atoms with E-state index >= 15 is 0 Å². The maximum absolute atomic E-state index is 5.43. The van der Waals surface area contributed by atoms with Crippen molar-refractivity contribution in [3.8, 4) is 0 Å². The number of nitrogens with one attached hydrogen (secondary N) is 1. The standard InChI is InChI=1S/C9H18N2/c1-3-4-5-9(11-10)8-6-7(8)2/h3,7-9,11H,1,4-6,10H2,2H3. The van der Waals surface area contributed by atoms with Crippen LogP contribution in [0.5, 0.6) is 0 Å². The summed E-state index contributed by atoms with van der Waals surface area (Å²) in [6.07, 6.45) is 5.50. The van der Waals surface area contributed by atoms with Gasteiger partial charge in [-0.25, -0.2) is 0 Å². The van der Waals surface area contributed by atoms with Gasteiger partial charge in [0, 0.05) is 6.04 Å². The molecule has 3 N–H and O–H groups in total. The van der Waals surface area contributed by atoms with Crippen molar-refractivity contribution >= 4 is 0 Å². The van der Waals surface area contributed by atoms with Crippen LogP contribution in [0.4, 0.5) is 0 Å². The first kappa shape index (κ1) is 8.75. The predicted octanol–water partition coefficient (Wildman–Crippen LogP) is 1.44. The van der Waals surface area contributed by atoms with Crippen molar-refractivity contribution in [2.75, 3.05) is 0 Å². The van der Waals surface area contributed by atoms with Crippen LogP contribution < -0.4 is 11.3 Å². The lowest BCUT2D eigenvalue weighted by molar-refractivity contribution is 0.432. The predicted molar refractivity (Wildman–Crippen MR) is 47.8 cm³/mol. The molecule has 2 nitrogen and oxygen atoms in total. The highest BCUT2D eigenvalue weighted by atomic mass is 15.2. The number of allylic oxidation sites excluding steroid dienone is 1. The molecule has 1 aliphatic rings. The molecule has 0 radical (unpaired) electrons. The van der Waals surface area contributed by atoms with Crippen molar-refractivity contribution in [2.24, 2.45) is 17.7 Å². The molecular weight excluding hydrogens is 136 g/mol. The van der Waals surface area contributed by atoms with Gasteiger partial charge in [-0.3, -0.25) is 11.3 Å². The molecule has 3 unspecified atom stereocenters. The Hall–Kier alpha value is -0.340. The fourth-order valence-corrected chi connectivity index (χ4v) is 1.63. The molecule has 0 saturated heterocycles. The molecule has 0 aromatic heterocycles. The average Bonchev–Trinajstić information content (AvgIpc) is 2.69. The molecule has 0 aliphatic heterocycles. The Balaban J connectivity index is 2.20. The third-order valence-corrected chi connectivity index (χ3v) is 2.58. The summed E-state index contributed by atoms with van der Waals surface area (Å²) in [5, 5.41) is 0. The zero-order chi connectivity index (χ0) is 8.27. The smallest absolute Gasteiger partial charge is 0.0244 e. The second-order valence-corrected chi connectivity index (χ2v) is 3.52. The summed E-state index contributed by atoms with van der Waals surface area (Å²) in [4.78, 5) is 0. The van der Waals surface area contributed by atoms with E-state index in [1.165, 1.54) is 6.42 Å². The van der Waals surface area contributed by atoms with E-state index in [0.717, 1.165) is 24.7 Å². The van der Waals surface area contributed by atoms with E-state index in [-0.39, 0.29) is 0 Å². The van der Waals surface area contributed by atoms with Crippen LogP contribution in [-0.4, -0.2) is 6.04 Å². The van der Waals surface area contributed by atoms with Gasteiger partial charge in [-0.2, -0.15) is 0 Å². The number of hydrazine groups is 1. The van der Waals surface area contributed by atoms with Crippen molar-refractivity contribution in [3.05, 3.63) is 12.7 Å². The van der Waals surface area contributed by atoms with Crippen LogP contribution in [0, 0.1) is 11.8 Å². The summed E-state index contributed by atoms with van der Waals surface area (Å²) in [6.45, 7) is 5.98. The van der Waals surface area contributed by atoms with Gasteiger partial charge in [0.2, 0.25) is 0 Å². The minimum absolute atomic E-state index is 0.517. The van der Waals surface area contributed by atoms with E-state index in [2.05, 4.69) is 18.9 Å². The zero-order valence-electron chi connectivity index (χ0n) is 7.22. The van der Waals surface area contributed by atoms with Crippen LogP contribution in [0.25, 0.3) is 0 Å². The molecule has 3 atom stereocenters. The summed E-state index contributed by atoms with van der Waals surface area (Å²) in [5.74, 6) is 7.13. The van der Waals surface area contributed by atoms with Crippen LogP contribution >= 0.6 is 0 Å². The summed E-state index contributed by atoms with van der Waals surface area (Å²) < 4.78 is 0. The molecule has 0 heterocycles. The van der Waals surface area contributed by atoms with Gasteiger partial charge >= 0.3 is 0 Å². The lowest BCUT2D eigenvalue weighted by atomic mass is 10.1. The topological polar surface area (TPSA) is 38.0 Å². The Morgan fingerprint density at radius 2 is 2.45 bits per heavy atom. The quantitative estimate of drug-likeness (QED) is 0.357. The Morgan fingerprint density at radius 3 is 2.82 bits per heavy atom. The number of hydrogen-bond acceptors (Lipinski definition) is 2. The maximum Gasteiger partial charge on any atom is 0.0244 e. The van der Waals surface area contributed by atoms with Gasteiger partial charge in [-0.05, 0) is 31.1 Å². The molecule has 0 aromatic carbocycles. The average molecular weight is 154 g/mol. The lowest BCUT2D eigenvalue weighted by Gasteiger charge is -2.13. The molecule has 11 heavy (non-hydrogen) atoms. The second kappa shape index (κ2) is 3.88.